The van der Waals surface area contributed by atoms with Crippen LogP contribution < -0.4 is 5.73 Å². The molecule has 1 aromatic rings. The molecule has 20 heavy (non-hydrogen) atoms. The first kappa shape index (κ1) is 15.8. The second-order valence-corrected chi connectivity index (χ2v) is 7.50. The Kier molecular flexibility index (Phi) is 5.87. The SMILES string of the molecule is CC(C)CN(CCC(N)=S)CC1CSc2ccccc21. The van der Waals surface area contributed by atoms with Crippen molar-refractivity contribution in [1.82, 2.24) is 4.90 Å². The minimum Gasteiger partial charge on any atom is -0.393 e. The van der Waals surface area contributed by atoms with Gasteiger partial charge in [0.15, 0.2) is 0 Å². The predicted octanol–water partition coefficient (Wildman–Crippen LogP) is 3.51. The van der Waals surface area contributed by atoms with E-state index in [4.69, 9.17) is 18.0 Å². The highest BCUT2D eigenvalue weighted by Gasteiger charge is 2.24. The van der Waals surface area contributed by atoms with Gasteiger partial charge in [-0.05, 0) is 17.5 Å². The Bertz CT molecular complexity index is 460. The van der Waals surface area contributed by atoms with Crippen molar-refractivity contribution in [3.63, 3.8) is 0 Å². The second-order valence-electron chi connectivity index (χ2n) is 5.92. The molecule has 1 aliphatic rings. The molecular weight excluding hydrogens is 284 g/mol. The zero-order valence-corrected chi connectivity index (χ0v) is 14.0. The number of fused-ring (bicyclic) bond motifs is 1. The highest BCUT2D eigenvalue weighted by molar-refractivity contribution is 7.99. The molecule has 1 atom stereocenters. The number of benzene rings is 1. The summed E-state index contributed by atoms with van der Waals surface area (Å²) in [6, 6.07) is 8.80. The van der Waals surface area contributed by atoms with E-state index in [1.807, 2.05) is 11.8 Å². The zero-order valence-electron chi connectivity index (χ0n) is 12.3. The molecule has 1 heterocycles. The van der Waals surface area contributed by atoms with Gasteiger partial charge in [0.1, 0.15) is 0 Å². The van der Waals surface area contributed by atoms with Gasteiger partial charge >= 0.3 is 0 Å². The fourth-order valence-electron chi connectivity index (χ4n) is 2.73. The molecule has 2 N–H and O–H groups in total. The lowest BCUT2D eigenvalue weighted by molar-refractivity contribution is 0.241. The van der Waals surface area contributed by atoms with E-state index in [1.54, 1.807) is 0 Å². The highest BCUT2D eigenvalue weighted by Crippen LogP contribution is 2.39. The number of nitrogens with two attached hydrogens (primary N) is 1. The van der Waals surface area contributed by atoms with E-state index < -0.39 is 0 Å². The molecule has 0 amide bonds. The molecule has 2 rings (SSSR count). The van der Waals surface area contributed by atoms with Gasteiger partial charge in [-0.15, -0.1) is 11.8 Å². The van der Waals surface area contributed by atoms with Crippen LogP contribution in [0.1, 0.15) is 31.7 Å². The fourth-order valence-corrected chi connectivity index (χ4v) is 4.07. The van der Waals surface area contributed by atoms with Crippen LogP contribution in [-0.4, -0.2) is 35.3 Å². The second kappa shape index (κ2) is 7.43. The van der Waals surface area contributed by atoms with Crippen molar-refractivity contribution >= 4 is 29.0 Å². The van der Waals surface area contributed by atoms with Crippen LogP contribution in [0.5, 0.6) is 0 Å². The van der Waals surface area contributed by atoms with E-state index in [-0.39, 0.29) is 0 Å². The Morgan fingerprint density at radius 1 is 1.45 bits per heavy atom. The Morgan fingerprint density at radius 3 is 2.90 bits per heavy atom. The van der Waals surface area contributed by atoms with Gasteiger partial charge in [-0.1, -0.05) is 44.3 Å². The van der Waals surface area contributed by atoms with E-state index in [9.17, 15) is 0 Å². The first-order chi connectivity index (χ1) is 9.56. The average molecular weight is 309 g/mol. The van der Waals surface area contributed by atoms with Gasteiger partial charge in [-0.25, -0.2) is 0 Å². The molecule has 2 nitrogen and oxygen atoms in total. The lowest BCUT2D eigenvalue weighted by Gasteiger charge is -2.27. The summed E-state index contributed by atoms with van der Waals surface area (Å²) in [5.41, 5.74) is 7.17. The third-order valence-electron chi connectivity index (χ3n) is 3.58. The maximum Gasteiger partial charge on any atom is 0.0740 e. The van der Waals surface area contributed by atoms with Crippen LogP contribution in [-0.2, 0) is 0 Å². The summed E-state index contributed by atoms with van der Waals surface area (Å²) in [4.78, 5) is 4.60. The molecule has 110 valence electrons. The van der Waals surface area contributed by atoms with Gasteiger partial charge in [-0.3, -0.25) is 0 Å². The summed E-state index contributed by atoms with van der Waals surface area (Å²) in [5, 5.41) is 0. The first-order valence-electron chi connectivity index (χ1n) is 7.28. The van der Waals surface area contributed by atoms with Gasteiger partial charge in [0.2, 0.25) is 0 Å². The van der Waals surface area contributed by atoms with E-state index in [2.05, 4.69) is 43.0 Å². The summed E-state index contributed by atoms with van der Waals surface area (Å²) in [6.45, 7) is 7.75. The van der Waals surface area contributed by atoms with Crippen LogP contribution in [0.3, 0.4) is 0 Å². The van der Waals surface area contributed by atoms with E-state index >= 15 is 0 Å². The molecule has 1 aliphatic heterocycles. The average Bonchev–Trinajstić information content (AvgIpc) is 2.79. The van der Waals surface area contributed by atoms with Crippen molar-refractivity contribution in [1.29, 1.82) is 0 Å². The third kappa shape index (κ3) is 4.47. The summed E-state index contributed by atoms with van der Waals surface area (Å²) >= 11 is 7.00. The Balaban J connectivity index is 1.99. The Morgan fingerprint density at radius 2 is 2.20 bits per heavy atom. The van der Waals surface area contributed by atoms with E-state index in [0.29, 0.717) is 16.8 Å². The molecular formula is C16H24N2S2. The lowest BCUT2D eigenvalue weighted by Crippen LogP contribution is -2.34. The minimum atomic E-state index is 0.625. The maximum atomic E-state index is 5.66. The topological polar surface area (TPSA) is 29.3 Å². The molecule has 1 unspecified atom stereocenters. The van der Waals surface area contributed by atoms with Crippen LogP contribution in [0.25, 0.3) is 0 Å². The van der Waals surface area contributed by atoms with Crippen molar-refractivity contribution in [2.24, 2.45) is 11.7 Å². The Hall–Kier alpha value is -0.580. The van der Waals surface area contributed by atoms with Crippen molar-refractivity contribution in [2.75, 3.05) is 25.4 Å². The summed E-state index contributed by atoms with van der Waals surface area (Å²) in [5.74, 6) is 2.51. The standard InChI is InChI=1S/C16H24N2S2/c1-12(2)9-18(8-7-16(17)19)10-13-11-20-15-6-4-3-5-14(13)15/h3-6,12-13H,7-11H2,1-2H3,(H2,17,19). The molecule has 0 saturated heterocycles. The van der Waals surface area contributed by atoms with Gasteiger partial charge in [0.05, 0.1) is 4.99 Å². The Labute approximate surface area is 132 Å². The summed E-state index contributed by atoms with van der Waals surface area (Å²) < 4.78 is 0. The molecule has 0 spiro atoms. The number of nitrogens with zero attached hydrogens (tertiary/aromatic N) is 1. The number of hydrogen-bond donors (Lipinski definition) is 1. The van der Waals surface area contributed by atoms with E-state index in [1.165, 1.54) is 16.2 Å². The van der Waals surface area contributed by atoms with E-state index in [0.717, 1.165) is 26.1 Å². The van der Waals surface area contributed by atoms with Gasteiger partial charge in [0.25, 0.3) is 0 Å². The maximum absolute atomic E-state index is 5.66. The molecule has 0 radical (unpaired) electrons. The van der Waals surface area contributed by atoms with Crippen molar-refractivity contribution in [2.45, 2.75) is 31.1 Å². The number of thioether (sulfide) groups is 1. The van der Waals surface area contributed by atoms with Crippen molar-refractivity contribution in [3.05, 3.63) is 29.8 Å². The lowest BCUT2D eigenvalue weighted by atomic mass is 10.00. The summed E-state index contributed by atoms with van der Waals surface area (Å²) in [6.07, 6.45) is 0.823. The molecule has 1 aromatic carbocycles. The molecule has 0 saturated carbocycles. The van der Waals surface area contributed by atoms with Crippen LogP contribution in [0.4, 0.5) is 0 Å². The van der Waals surface area contributed by atoms with Crippen molar-refractivity contribution in [3.8, 4) is 0 Å². The number of thiocarbonyl (C=S) groups is 1. The summed E-state index contributed by atoms with van der Waals surface area (Å²) in [7, 11) is 0. The minimum absolute atomic E-state index is 0.625. The number of hydrogen-bond acceptors (Lipinski definition) is 3. The normalized spacial score (nSPS) is 17.7. The monoisotopic (exact) mass is 308 g/mol. The van der Waals surface area contributed by atoms with Crippen LogP contribution in [0.15, 0.2) is 29.2 Å². The first-order valence-corrected chi connectivity index (χ1v) is 8.68. The molecule has 0 fully saturated rings. The number of rotatable bonds is 7. The zero-order chi connectivity index (χ0) is 14.5. The molecule has 0 aromatic heterocycles. The fraction of sp³-hybridized carbons (Fsp3) is 0.562. The largest absolute Gasteiger partial charge is 0.393 e. The quantitative estimate of drug-likeness (QED) is 0.781. The highest BCUT2D eigenvalue weighted by atomic mass is 32.2. The smallest absolute Gasteiger partial charge is 0.0740 e. The van der Waals surface area contributed by atoms with Gasteiger partial charge in [-0.2, -0.15) is 0 Å². The predicted molar refractivity (Wildman–Crippen MR) is 92.6 cm³/mol. The molecule has 4 heteroatoms. The van der Waals surface area contributed by atoms with Gasteiger partial charge in [0, 0.05) is 42.6 Å². The molecule has 0 bridgehead atoms. The molecule has 0 aliphatic carbocycles. The van der Waals surface area contributed by atoms with Gasteiger partial charge < -0.3 is 10.6 Å². The third-order valence-corrected chi connectivity index (χ3v) is 5.03. The van der Waals surface area contributed by atoms with Crippen LogP contribution >= 0.6 is 24.0 Å². The van der Waals surface area contributed by atoms with Crippen LogP contribution in [0, 0.1) is 5.92 Å². The van der Waals surface area contributed by atoms with Crippen molar-refractivity contribution < 1.29 is 0 Å². The van der Waals surface area contributed by atoms with Crippen LogP contribution in [0.2, 0.25) is 0 Å².